The van der Waals surface area contributed by atoms with Gasteiger partial charge in [0.25, 0.3) is 0 Å². The fraction of sp³-hybridized carbons (Fsp3) is 0.750. The summed E-state index contributed by atoms with van der Waals surface area (Å²) in [5.41, 5.74) is 4.42. The van der Waals surface area contributed by atoms with Crippen molar-refractivity contribution >= 4 is 17.8 Å². The lowest BCUT2D eigenvalue weighted by Crippen LogP contribution is -2.50. The molecule has 1 aliphatic rings. The zero-order chi connectivity index (χ0) is 14.5. The van der Waals surface area contributed by atoms with E-state index in [1.807, 2.05) is 6.92 Å². The summed E-state index contributed by atoms with van der Waals surface area (Å²) in [4.78, 5) is 34.1. The van der Waals surface area contributed by atoms with Gasteiger partial charge in [0.15, 0.2) is 0 Å². The quantitative estimate of drug-likeness (QED) is 0.483. The van der Waals surface area contributed by atoms with E-state index in [9.17, 15) is 14.4 Å². The van der Waals surface area contributed by atoms with E-state index in [0.717, 1.165) is 13.0 Å². The normalized spacial score (nSPS) is 23.8. The maximum Gasteiger partial charge on any atom is 0.326 e. The number of carbonyl (C=O) groups is 3. The fourth-order valence-corrected chi connectivity index (χ4v) is 2.46. The molecule has 7 nitrogen and oxygen atoms in total. The first-order valence-corrected chi connectivity index (χ1v) is 6.44. The Morgan fingerprint density at radius 3 is 2.58 bits per heavy atom. The average molecular weight is 271 g/mol. The Bertz CT molecular complexity index is 364. The molecule has 1 rings (SSSR count). The van der Waals surface area contributed by atoms with E-state index in [2.05, 4.69) is 10.6 Å². The number of amides is 2. The molecule has 2 unspecified atom stereocenters. The number of rotatable bonds is 7. The highest BCUT2D eigenvalue weighted by Gasteiger charge is 2.41. The summed E-state index contributed by atoms with van der Waals surface area (Å²) >= 11 is 0. The Morgan fingerprint density at radius 2 is 2.16 bits per heavy atom. The van der Waals surface area contributed by atoms with Gasteiger partial charge in [-0.2, -0.15) is 0 Å². The topological polar surface area (TPSA) is 122 Å². The molecule has 0 saturated carbocycles. The number of carboxylic acid groups (broad SMARTS) is 1. The summed E-state index contributed by atoms with van der Waals surface area (Å²) in [6.07, 6.45) is 1.81. The summed E-state index contributed by atoms with van der Waals surface area (Å²) in [6.45, 7) is 3.25. The molecule has 108 valence electrons. The van der Waals surface area contributed by atoms with Crippen molar-refractivity contribution in [1.82, 2.24) is 10.6 Å². The SMILES string of the molecule is CCCC1(C(=O)NC(CC(N)=O)C(=O)O)CCNC1. The maximum atomic E-state index is 12.3. The van der Waals surface area contributed by atoms with E-state index in [1.165, 1.54) is 0 Å². The van der Waals surface area contributed by atoms with Crippen LogP contribution in [-0.2, 0) is 14.4 Å². The molecule has 0 aliphatic carbocycles. The molecule has 1 aliphatic heterocycles. The third-order valence-corrected chi connectivity index (χ3v) is 3.46. The van der Waals surface area contributed by atoms with Gasteiger partial charge in [-0.1, -0.05) is 13.3 Å². The molecule has 7 heteroatoms. The summed E-state index contributed by atoms with van der Waals surface area (Å²) in [5.74, 6) is -2.31. The summed E-state index contributed by atoms with van der Waals surface area (Å²) < 4.78 is 0. The van der Waals surface area contributed by atoms with Crippen LogP contribution in [0.5, 0.6) is 0 Å². The fourth-order valence-electron chi connectivity index (χ4n) is 2.46. The van der Waals surface area contributed by atoms with Gasteiger partial charge in [0.1, 0.15) is 6.04 Å². The van der Waals surface area contributed by atoms with Crippen LogP contribution in [0.1, 0.15) is 32.6 Å². The van der Waals surface area contributed by atoms with E-state index in [4.69, 9.17) is 10.8 Å². The number of nitrogens with one attached hydrogen (secondary N) is 2. The highest BCUT2D eigenvalue weighted by molar-refractivity contribution is 5.90. The van der Waals surface area contributed by atoms with Crippen molar-refractivity contribution in [3.8, 4) is 0 Å². The van der Waals surface area contributed by atoms with Gasteiger partial charge in [0, 0.05) is 6.54 Å². The highest BCUT2D eigenvalue weighted by atomic mass is 16.4. The first-order valence-electron chi connectivity index (χ1n) is 6.44. The third-order valence-electron chi connectivity index (χ3n) is 3.46. The Labute approximate surface area is 111 Å². The average Bonchev–Trinajstić information content (AvgIpc) is 2.77. The molecule has 5 N–H and O–H groups in total. The van der Waals surface area contributed by atoms with Crippen molar-refractivity contribution in [3.63, 3.8) is 0 Å². The van der Waals surface area contributed by atoms with Gasteiger partial charge >= 0.3 is 5.97 Å². The van der Waals surface area contributed by atoms with E-state index < -0.39 is 29.8 Å². The van der Waals surface area contributed by atoms with E-state index in [1.54, 1.807) is 0 Å². The van der Waals surface area contributed by atoms with Crippen LogP contribution in [0.25, 0.3) is 0 Å². The minimum atomic E-state index is -1.25. The lowest BCUT2D eigenvalue weighted by Gasteiger charge is -2.28. The molecule has 0 aromatic heterocycles. The molecule has 0 aromatic rings. The lowest BCUT2D eigenvalue weighted by atomic mass is 9.81. The van der Waals surface area contributed by atoms with Crippen molar-refractivity contribution in [2.45, 2.75) is 38.6 Å². The van der Waals surface area contributed by atoms with Gasteiger partial charge in [-0.15, -0.1) is 0 Å². The minimum absolute atomic E-state index is 0.312. The second-order valence-corrected chi connectivity index (χ2v) is 4.99. The Kier molecular flexibility index (Phi) is 5.29. The molecular formula is C12H21N3O4. The lowest BCUT2D eigenvalue weighted by molar-refractivity contribution is -0.145. The summed E-state index contributed by atoms with van der Waals surface area (Å²) in [6, 6.07) is -1.25. The van der Waals surface area contributed by atoms with Gasteiger partial charge < -0.3 is 21.5 Å². The van der Waals surface area contributed by atoms with Crippen LogP contribution in [0, 0.1) is 5.41 Å². The van der Waals surface area contributed by atoms with Crippen LogP contribution < -0.4 is 16.4 Å². The number of hydrogen-bond acceptors (Lipinski definition) is 4. The van der Waals surface area contributed by atoms with Crippen molar-refractivity contribution in [3.05, 3.63) is 0 Å². The van der Waals surface area contributed by atoms with E-state index in [-0.39, 0.29) is 5.91 Å². The zero-order valence-corrected chi connectivity index (χ0v) is 11.1. The van der Waals surface area contributed by atoms with Crippen molar-refractivity contribution in [2.75, 3.05) is 13.1 Å². The van der Waals surface area contributed by atoms with Gasteiger partial charge in [0.05, 0.1) is 11.8 Å². The van der Waals surface area contributed by atoms with Gasteiger partial charge in [0.2, 0.25) is 11.8 Å². The van der Waals surface area contributed by atoms with Crippen molar-refractivity contribution < 1.29 is 19.5 Å². The standard InChI is InChI=1S/C12H21N3O4/c1-2-3-12(4-5-14-7-12)11(19)15-8(10(17)18)6-9(13)16/h8,14H,2-7H2,1H3,(H2,13,16)(H,15,19)(H,17,18). The Morgan fingerprint density at radius 1 is 1.47 bits per heavy atom. The molecule has 1 heterocycles. The van der Waals surface area contributed by atoms with E-state index >= 15 is 0 Å². The molecule has 0 radical (unpaired) electrons. The van der Waals surface area contributed by atoms with Crippen LogP contribution in [0.3, 0.4) is 0 Å². The third kappa shape index (κ3) is 3.92. The van der Waals surface area contributed by atoms with Crippen LogP contribution in [-0.4, -0.2) is 42.0 Å². The molecule has 19 heavy (non-hydrogen) atoms. The Hall–Kier alpha value is -1.63. The zero-order valence-electron chi connectivity index (χ0n) is 11.1. The first kappa shape index (κ1) is 15.4. The van der Waals surface area contributed by atoms with Crippen LogP contribution in [0.2, 0.25) is 0 Å². The van der Waals surface area contributed by atoms with Gasteiger partial charge in [-0.25, -0.2) is 4.79 Å². The monoisotopic (exact) mass is 271 g/mol. The summed E-state index contributed by atoms with van der Waals surface area (Å²) in [5, 5.41) is 14.5. The number of nitrogens with two attached hydrogens (primary N) is 1. The molecule has 1 fully saturated rings. The smallest absolute Gasteiger partial charge is 0.326 e. The molecule has 2 atom stereocenters. The van der Waals surface area contributed by atoms with Gasteiger partial charge in [-0.05, 0) is 19.4 Å². The number of primary amides is 1. The molecule has 1 saturated heterocycles. The molecular weight excluding hydrogens is 250 g/mol. The highest BCUT2D eigenvalue weighted by Crippen LogP contribution is 2.31. The number of hydrogen-bond donors (Lipinski definition) is 4. The van der Waals surface area contributed by atoms with Crippen molar-refractivity contribution in [1.29, 1.82) is 0 Å². The number of carbonyl (C=O) groups excluding carboxylic acids is 2. The largest absolute Gasteiger partial charge is 0.480 e. The second kappa shape index (κ2) is 6.51. The minimum Gasteiger partial charge on any atom is -0.480 e. The van der Waals surface area contributed by atoms with Crippen LogP contribution in [0.4, 0.5) is 0 Å². The first-order chi connectivity index (χ1) is 8.91. The molecule has 0 aromatic carbocycles. The van der Waals surface area contributed by atoms with Crippen LogP contribution >= 0.6 is 0 Å². The van der Waals surface area contributed by atoms with E-state index in [0.29, 0.717) is 19.4 Å². The molecule has 0 spiro atoms. The maximum absolute atomic E-state index is 12.3. The number of carboxylic acids is 1. The number of aliphatic carboxylic acids is 1. The Balaban J connectivity index is 2.74. The second-order valence-electron chi connectivity index (χ2n) is 4.99. The summed E-state index contributed by atoms with van der Waals surface area (Å²) in [7, 11) is 0. The molecule has 0 bridgehead atoms. The predicted octanol–water partition coefficient (Wildman–Crippen LogP) is -0.789. The van der Waals surface area contributed by atoms with Gasteiger partial charge in [-0.3, -0.25) is 9.59 Å². The predicted molar refractivity (Wildman–Crippen MR) is 68.2 cm³/mol. The van der Waals surface area contributed by atoms with Crippen LogP contribution in [0.15, 0.2) is 0 Å². The van der Waals surface area contributed by atoms with Crippen molar-refractivity contribution in [2.24, 2.45) is 11.1 Å². The molecule has 2 amide bonds.